The summed E-state index contributed by atoms with van der Waals surface area (Å²) in [7, 11) is 0. The van der Waals surface area contributed by atoms with Crippen LogP contribution in [0.4, 0.5) is 0 Å². The third-order valence-corrected chi connectivity index (χ3v) is 8.86. The van der Waals surface area contributed by atoms with E-state index >= 15 is 0 Å². The molecular formula is C26H35ClN2O3. The molecule has 0 radical (unpaired) electrons. The Bertz CT molecular complexity index is 1010. The van der Waals surface area contributed by atoms with E-state index in [4.69, 9.17) is 16.3 Å². The minimum Gasteiger partial charge on any atom is -0.390 e. The van der Waals surface area contributed by atoms with Crippen molar-refractivity contribution in [3.8, 4) is 0 Å². The molecule has 1 aromatic carbocycles. The number of nitrogens with zero attached hydrogens (tertiary/aromatic N) is 1. The number of nitrogens with one attached hydrogen (secondary N) is 1. The van der Waals surface area contributed by atoms with Crippen LogP contribution in [-0.2, 0) is 4.74 Å². The van der Waals surface area contributed by atoms with Gasteiger partial charge >= 0.3 is 0 Å². The molecule has 1 saturated heterocycles. The molecule has 2 bridgehead atoms. The lowest BCUT2D eigenvalue weighted by molar-refractivity contribution is -0.0756. The summed E-state index contributed by atoms with van der Waals surface area (Å²) < 4.78 is 7.53. The van der Waals surface area contributed by atoms with Crippen LogP contribution in [0.1, 0.15) is 75.7 Å². The van der Waals surface area contributed by atoms with E-state index in [0.717, 1.165) is 43.0 Å². The largest absolute Gasteiger partial charge is 0.390 e. The van der Waals surface area contributed by atoms with E-state index in [1.165, 1.54) is 6.42 Å². The van der Waals surface area contributed by atoms with Gasteiger partial charge < -0.3 is 19.7 Å². The maximum atomic E-state index is 13.6. The van der Waals surface area contributed by atoms with Gasteiger partial charge in [-0.25, -0.2) is 0 Å². The van der Waals surface area contributed by atoms with E-state index in [0.29, 0.717) is 35.6 Å². The van der Waals surface area contributed by atoms with Gasteiger partial charge in [0, 0.05) is 17.6 Å². The van der Waals surface area contributed by atoms with Crippen molar-refractivity contribution < 1.29 is 14.6 Å². The van der Waals surface area contributed by atoms with Crippen LogP contribution in [0.25, 0.3) is 10.9 Å². The fourth-order valence-electron chi connectivity index (χ4n) is 7.01. The van der Waals surface area contributed by atoms with Gasteiger partial charge in [-0.3, -0.25) is 4.79 Å². The maximum absolute atomic E-state index is 13.6. The SMILES string of the molecule is CCC1(C(C)NC(=O)c2cn(C3COC3)c3cccc(Cl)c23)C[C@@H]2C[C@@H](CC(C)(O)C2)C1. The first-order valence-electron chi connectivity index (χ1n) is 12.1. The second kappa shape index (κ2) is 8.03. The number of carbonyl (C=O) groups excluding carboxylic acids is 1. The maximum Gasteiger partial charge on any atom is 0.253 e. The molecule has 3 unspecified atom stereocenters. The van der Waals surface area contributed by atoms with Crippen LogP contribution in [0.5, 0.6) is 0 Å². The summed E-state index contributed by atoms with van der Waals surface area (Å²) >= 11 is 6.57. The van der Waals surface area contributed by atoms with Crippen LogP contribution >= 0.6 is 11.6 Å². The zero-order valence-electron chi connectivity index (χ0n) is 19.4. The summed E-state index contributed by atoms with van der Waals surface area (Å²) in [4.78, 5) is 13.6. The van der Waals surface area contributed by atoms with E-state index < -0.39 is 5.60 Å². The molecule has 5 atom stereocenters. The molecule has 1 amide bonds. The van der Waals surface area contributed by atoms with E-state index in [1.54, 1.807) is 0 Å². The number of halogens is 1. The van der Waals surface area contributed by atoms with Crippen LogP contribution in [0.3, 0.4) is 0 Å². The average molecular weight is 459 g/mol. The summed E-state index contributed by atoms with van der Waals surface area (Å²) in [5.74, 6) is 1.02. The Morgan fingerprint density at radius 1 is 1.28 bits per heavy atom. The first kappa shape index (κ1) is 22.2. The Morgan fingerprint density at radius 2 is 1.97 bits per heavy atom. The molecule has 0 spiro atoms. The molecule has 2 aromatic rings. The van der Waals surface area contributed by atoms with Gasteiger partial charge in [-0.2, -0.15) is 0 Å². The Morgan fingerprint density at radius 3 is 2.56 bits per heavy atom. The van der Waals surface area contributed by atoms with Crippen molar-refractivity contribution in [2.45, 2.75) is 77.0 Å². The molecule has 174 valence electrons. The van der Waals surface area contributed by atoms with Crippen LogP contribution in [-0.4, -0.2) is 40.4 Å². The Kier molecular flexibility index (Phi) is 5.58. The molecule has 2 aliphatic carbocycles. The second-order valence-electron chi connectivity index (χ2n) is 11.0. The molecule has 5 rings (SSSR count). The van der Waals surface area contributed by atoms with Crippen molar-refractivity contribution in [3.05, 3.63) is 35.0 Å². The van der Waals surface area contributed by atoms with Crippen molar-refractivity contribution in [1.82, 2.24) is 9.88 Å². The highest BCUT2D eigenvalue weighted by molar-refractivity contribution is 6.36. The minimum absolute atomic E-state index is 0.0508. The Labute approximate surface area is 195 Å². The molecule has 1 aromatic heterocycles. The Hall–Kier alpha value is -1.56. The minimum atomic E-state index is -0.538. The number of benzene rings is 1. The topological polar surface area (TPSA) is 63.5 Å². The van der Waals surface area contributed by atoms with E-state index in [9.17, 15) is 9.90 Å². The van der Waals surface area contributed by atoms with Crippen LogP contribution in [0.15, 0.2) is 24.4 Å². The van der Waals surface area contributed by atoms with Gasteiger partial charge in [-0.1, -0.05) is 24.6 Å². The number of hydrogen-bond donors (Lipinski definition) is 2. The molecule has 1 aliphatic heterocycles. The van der Waals surface area contributed by atoms with Crippen molar-refractivity contribution in [2.75, 3.05) is 13.2 Å². The summed E-state index contributed by atoms with van der Waals surface area (Å²) in [6.07, 6.45) is 8.09. The van der Waals surface area contributed by atoms with Crippen molar-refractivity contribution >= 4 is 28.4 Å². The van der Waals surface area contributed by atoms with Crippen LogP contribution < -0.4 is 5.32 Å². The number of rotatable bonds is 5. The average Bonchev–Trinajstić information content (AvgIpc) is 3.05. The van der Waals surface area contributed by atoms with Crippen molar-refractivity contribution in [1.29, 1.82) is 0 Å². The predicted molar refractivity (Wildman–Crippen MR) is 127 cm³/mol. The lowest BCUT2D eigenvalue weighted by Crippen LogP contribution is -2.52. The highest BCUT2D eigenvalue weighted by Crippen LogP contribution is 2.54. The fraction of sp³-hybridized carbons (Fsp3) is 0.654. The number of carbonyl (C=O) groups is 1. The number of ether oxygens (including phenoxy) is 1. The predicted octanol–water partition coefficient (Wildman–Crippen LogP) is 5.34. The summed E-state index contributed by atoms with van der Waals surface area (Å²) in [5, 5.41) is 15.5. The van der Waals surface area contributed by atoms with Gasteiger partial charge in [0.15, 0.2) is 0 Å². The van der Waals surface area contributed by atoms with Crippen molar-refractivity contribution in [3.63, 3.8) is 0 Å². The summed E-state index contributed by atoms with van der Waals surface area (Å²) in [5.41, 5.74) is 1.17. The summed E-state index contributed by atoms with van der Waals surface area (Å²) in [6.45, 7) is 7.74. The molecule has 6 heteroatoms. The summed E-state index contributed by atoms with van der Waals surface area (Å²) in [6, 6.07) is 6.13. The van der Waals surface area contributed by atoms with Crippen LogP contribution in [0.2, 0.25) is 5.02 Å². The normalized spacial score (nSPS) is 33.7. The van der Waals surface area contributed by atoms with Gasteiger partial charge in [0.05, 0.1) is 41.0 Å². The highest BCUT2D eigenvalue weighted by Gasteiger charge is 2.49. The van der Waals surface area contributed by atoms with Gasteiger partial charge in [0.2, 0.25) is 0 Å². The number of amides is 1. The molecule has 3 aliphatic rings. The molecular weight excluding hydrogens is 424 g/mol. The standard InChI is InChI=1S/C26H35ClN2O3/c1-4-26(11-17-8-18(12-26)10-25(3,31)9-17)16(2)28-24(30)20-13-29(19-14-32-15-19)22-7-5-6-21(27)23(20)22/h5-7,13,16-19,31H,4,8-12,14-15H2,1-3H3,(H,28,30)/t16?,17-,18+,25?,26?. The highest BCUT2D eigenvalue weighted by atomic mass is 35.5. The van der Waals surface area contributed by atoms with Gasteiger partial charge in [-0.15, -0.1) is 0 Å². The Balaban J connectivity index is 1.41. The number of hydrogen-bond acceptors (Lipinski definition) is 3. The zero-order chi connectivity index (χ0) is 22.7. The van der Waals surface area contributed by atoms with E-state index in [2.05, 4.69) is 23.7 Å². The van der Waals surface area contributed by atoms with E-state index in [1.807, 2.05) is 31.3 Å². The van der Waals surface area contributed by atoms with Gasteiger partial charge in [0.1, 0.15) is 0 Å². The third-order valence-electron chi connectivity index (χ3n) is 8.55. The third kappa shape index (κ3) is 3.76. The zero-order valence-corrected chi connectivity index (χ0v) is 20.1. The molecule has 2 saturated carbocycles. The number of aromatic nitrogens is 1. The van der Waals surface area contributed by atoms with Crippen LogP contribution in [0, 0.1) is 17.3 Å². The first-order chi connectivity index (χ1) is 15.2. The number of fused-ring (bicyclic) bond motifs is 3. The monoisotopic (exact) mass is 458 g/mol. The second-order valence-corrected chi connectivity index (χ2v) is 11.4. The number of aliphatic hydroxyl groups is 1. The first-order valence-corrected chi connectivity index (χ1v) is 12.5. The molecule has 3 fully saturated rings. The van der Waals surface area contributed by atoms with E-state index in [-0.39, 0.29) is 23.4 Å². The lowest BCUT2D eigenvalue weighted by Gasteiger charge is -2.53. The lowest BCUT2D eigenvalue weighted by atomic mass is 9.55. The fourth-order valence-corrected chi connectivity index (χ4v) is 7.28. The molecule has 5 nitrogen and oxygen atoms in total. The molecule has 32 heavy (non-hydrogen) atoms. The molecule has 2 heterocycles. The quantitative estimate of drug-likeness (QED) is 0.635. The smallest absolute Gasteiger partial charge is 0.253 e. The van der Waals surface area contributed by atoms with Crippen molar-refractivity contribution in [2.24, 2.45) is 17.3 Å². The van der Waals surface area contributed by atoms with Gasteiger partial charge in [-0.05, 0) is 81.8 Å². The molecule has 2 N–H and O–H groups in total. The van der Waals surface area contributed by atoms with Gasteiger partial charge in [0.25, 0.3) is 5.91 Å².